The Labute approximate surface area is 115 Å². The van der Waals surface area contributed by atoms with Crippen LogP contribution in [0.1, 0.15) is 31.4 Å². The normalized spacial score (nSPS) is 22.1. The van der Waals surface area contributed by atoms with Crippen molar-refractivity contribution in [1.82, 2.24) is 9.88 Å². The Bertz CT molecular complexity index is 432. The van der Waals surface area contributed by atoms with Crippen molar-refractivity contribution in [1.29, 1.82) is 0 Å². The van der Waals surface area contributed by atoms with Gasteiger partial charge in [0.1, 0.15) is 0 Å². The number of piperazine rings is 1. The highest BCUT2D eigenvalue weighted by Crippen LogP contribution is 2.26. The van der Waals surface area contributed by atoms with E-state index in [1.54, 1.807) is 0 Å². The highest BCUT2D eigenvalue weighted by molar-refractivity contribution is 5.63. The first-order valence-electron chi connectivity index (χ1n) is 7.46. The summed E-state index contributed by atoms with van der Waals surface area (Å²) in [7, 11) is 0. The molecular formula is C15H24N4. The summed E-state index contributed by atoms with van der Waals surface area (Å²) in [5.74, 6) is 0.978. The molecule has 104 valence electrons. The molecule has 2 N–H and O–H groups in total. The number of aromatic nitrogens is 1. The first-order valence-corrected chi connectivity index (χ1v) is 7.46. The summed E-state index contributed by atoms with van der Waals surface area (Å²) in [5, 5.41) is 0. The molecule has 0 spiro atoms. The van der Waals surface area contributed by atoms with E-state index in [-0.39, 0.29) is 0 Å². The lowest BCUT2D eigenvalue weighted by Crippen LogP contribution is -2.50. The summed E-state index contributed by atoms with van der Waals surface area (Å²) < 4.78 is 0. The average molecular weight is 260 g/mol. The third kappa shape index (κ3) is 2.68. The van der Waals surface area contributed by atoms with Crippen LogP contribution in [-0.2, 0) is 0 Å². The zero-order valence-corrected chi connectivity index (χ0v) is 11.8. The van der Waals surface area contributed by atoms with E-state index >= 15 is 0 Å². The zero-order valence-electron chi connectivity index (χ0n) is 11.8. The van der Waals surface area contributed by atoms with Gasteiger partial charge in [-0.3, -0.25) is 4.90 Å². The van der Waals surface area contributed by atoms with E-state index in [0.29, 0.717) is 0 Å². The van der Waals surface area contributed by atoms with E-state index < -0.39 is 0 Å². The Morgan fingerprint density at radius 1 is 1.11 bits per heavy atom. The smallest absolute Gasteiger partial charge is 0.152 e. The van der Waals surface area contributed by atoms with Crippen LogP contribution in [0.25, 0.3) is 0 Å². The topological polar surface area (TPSA) is 45.4 Å². The van der Waals surface area contributed by atoms with Crippen molar-refractivity contribution in [3.05, 3.63) is 17.8 Å². The average Bonchev–Trinajstić information content (AvgIpc) is 2.96. The molecule has 19 heavy (non-hydrogen) atoms. The van der Waals surface area contributed by atoms with E-state index in [2.05, 4.69) is 14.8 Å². The third-order valence-electron chi connectivity index (χ3n) is 4.50. The lowest BCUT2D eigenvalue weighted by atomic mass is 10.1. The van der Waals surface area contributed by atoms with E-state index in [1.165, 1.54) is 25.7 Å². The Hall–Kier alpha value is -1.29. The molecule has 3 rings (SSSR count). The molecule has 1 aromatic rings. The summed E-state index contributed by atoms with van der Waals surface area (Å²) in [6.45, 7) is 6.44. The number of nitrogens with zero attached hydrogens (tertiary/aromatic N) is 3. The Morgan fingerprint density at radius 2 is 1.79 bits per heavy atom. The van der Waals surface area contributed by atoms with Crippen molar-refractivity contribution in [2.45, 2.75) is 38.6 Å². The van der Waals surface area contributed by atoms with Gasteiger partial charge in [0, 0.05) is 37.9 Å². The van der Waals surface area contributed by atoms with Crippen molar-refractivity contribution in [2.75, 3.05) is 36.8 Å². The van der Waals surface area contributed by atoms with Crippen LogP contribution in [0.5, 0.6) is 0 Å². The number of hydrogen-bond acceptors (Lipinski definition) is 4. The molecule has 2 fully saturated rings. The quantitative estimate of drug-likeness (QED) is 0.884. The lowest BCUT2D eigenvalue weighted by Gasteiger charge is -2.39. The standard InChI is InChI=1S/C15H24N4/c1-12-6-7-14(16)15(17-12)19-10-8-18(9-11-19)13-4-2-3-5-13/h6-7,13H,2-5,8-11,16H2,1H3. The molecular weight excluding hydrogens is 236 g/mol. The summed E-state index contributed by atoms with van der Waals surface area (Å²) in [6.07, 6.45) is 5.62. The van der Waals surface area contributed by atoms with Crippen LogP contribution in [0.4, 0.5) is 11.5 Å². The van der Waals surface area contributed by atoms with Gasteiger partial charge in [-0.2, -0.15) is 0 Å². The van der Waals surface area contributed by atoms with Crippen molar-refractivity contribution < 1.29 is 0 Å². The minimum absolute atomic E-state index is 0.805. The molecule has 1 aliphatic heterocycles. The minimum atomic E-state index is 0.805. The number of nitrogens with two attached hydrogens (primary N) is 1. The zero-order chi connectivity index (χ0) is 13.2. The predicted octanol–water partition coefficient (Wildman–Crippen LogP) is 2.04. The van der Waals surface area contributed by atoms with E-state index in [0.717, 1.165) is 49.4 Å². The van der Waals surface area contributed by atoms with Gasteiger partial charge < -0.3 is 10.6 Å². The third-order valence-corrected chi connectivity index (χ3v) is 4.50. The Balaban J connectivity index is 1.64. The fourth-order valence-corrected chi connectivity index (χ4v) is 3.38. The van der Waals surface area contributed by atoms with Crippen LogP contribution in [0, 0.1) is 6.92 Å². The fraction of sp³-hybridized carbons (Fsp3) is 0.667. The molecule has 1 saturated carbocycles. The molecule has 1 aromatic heterocycles. The maximum Gasteiger partial charge on any atom is 0.152 e. The molecule has 2 aliphatic rings. The van der Waals surface area contributed by atoms with Crippen LogP contribution in [0.2, 0.25) is 0 Å². The molecule has 0 atom stereocenters. The van der Waals surface area contributed by atoms with Crippen LogP contribution < -0.4 is 10.6 Å². The van der Waals surface area contributed by atoms with Crippen LogP contribution in [0.15, 0.2) is 12.1 Å². The van der Waals surface area contributed by atoms with Gasteiger partial charge >= 0.3 is 0 Å². The predicted molar refractivity (Wildman–Crippen MR) is 79.4 cm³/mol. The molecule has 0 amide bonds. The van der Waals surface area contributed by atoms with E-state index in [4.69, 9.17) is 5.73 Å². The van der Waals surface area contributed by atoms with Crippen molar-refractivity contribution in [2.24, 2.45) is 0 Å². The van der Waals surface area contributed by atoms with Gasteiger partial charge in [0.05, 0.1) is 5.69 Å². The Kier molecular flexibility index (Phi) is 3.60. The summed E-state index contributed by atoms with van der Waals surface area (Å²) in [4.78, 5) is 9.60. The second-order valence-corrected chi connectivity index (χ2v) is 5.83. The number of nitrogen functional groups attached to an aromatic ring is 1. The van der Waals surface area contributed by atoms with Crippen LogP contribution >= 0.6 is 0 Å². The molecule has 4 nitrogen and oxygen atoms in total. The second-order valence-electron chi connectivity index (χ2n) is 5.83. The molecule has 0 radical (unpaired) electrons. The van der Waals surface area contributed by atoms with Crippen molar-refractivity contribution >= 4 is 11.5 Å². The molecule has 1 aliphatic carbocycles. The molecule has 0 bridgehead atoms. The van der Waals surface area contributed by atoms with Gasteiger partial charge in [-0.25, -0.2) is 4.98 Å². The molecule has 2 heterocycles. The molecule has 1 saturated heterocycles. The second kappa shape index (κ2) is 5.37. The van der Waals surface area contributed by atoms with Gasteiger partial charge in [-0.05, 0) is 31.9 Å². The number of anilines is 2. The van der Waals surface area contributed by atoms with Crippen LogP contribution in [-0.4, -0.2) is 42.1 Å². The number of aryl methyl sites for hydroxylation is 1. The van der Waals surface area contributed by atoms with Crippen LogP contribution in [0.3, 0.4) is 0 Å². The number of rotatable bonds is 2. The highest BCUT2D eigenvalue weighted by atomic mass is 15.3. The monoisotopic (exact) mass is 260 g/mol. The number of pyridine rings is 1. The summed E-state index contributed by atoms with van der Waals surface area (Å²) >= 11 is 0. The molecule has 4 heteroatoms. The van der Waals surface area contributed by atoms with Crippen molar-refractivity contribution in [3.8, 4) is 0 Å². The van der Waals surface area contributed by atoms with Gasteiger partial charge in [0.15, 0.2) is 5.82 Å². The summed E-state index contributed by atoms with van der Waals surface area (Å²) in [5.41, 5.74) is 7.91. The summed E-state index contributed by atoms with van der Waals surface area (Å²) in [6, 6.07) is 4.79. The first kappa shape index (κ1) is 12.7. The SMILES string of the molecule is Cc1ccc(N)c(N2CCN(C3CCCC3)CC2)n1. The maximum atomic E-state index is 6.06. The van der Waals surface area contributed by atoms with Crippen molar-refractivity contribution in [3.63, 3.8) is 0 Å². The Morgan fingerprint density at radius 3 is 2.47 bits per heavy atom. The fourth-order valence-electron chi connectivity index (χ4n) is 3.38. The van der Waals surface area contributed by atoms with E-state index in [1.807, 2.05) is 19.1 Å². The first-order chi connectivity index (χ1) is 9.24. The van der Waals surface area contributed by atoms with Gasteiger partial charge in [0.2, 0.25) is 0 Å². The maximum absolute atomic E-state index is 6.06. The largest absolute Gasteiger partial charge is 0.396 e. The van der Waals surface area contributed by atoms with Gasteiger partial charge in [-0.15, -0.1) is 0 Å². The van der Waals surface area contributed by atoms with Gasteiger partial charge in [0.25, 0.3) is 0 Å². The molecule has 0 unspecified atom stereocenters. The lowest BCUT2D eigenvalue weighted by molar-refractivity contribution is 0.187. The minimum Gasteiger partial charge on any atom is -0.396 e. The highest BCUT2D eigenvalue weighted by Gasteiger charge is 2.27. The van der Waals surface area contributed by atoms with Gasteiger partial charge in [-0.1, -0.05) is 12.8 Å². The van der Waals surface area contributed by atoms with E-state index in [9.17, 15) is 0 Å². The molecule has 0 aromatic carbocycles. The number of hydrogen-bond donors (Lipinski definition) is 1.